The molecular formula is C21H21FN2. The van der Waals surface area contributed by atoms with Crippen LogP contribution in [0, 0.1) is 12.7 Å². The quantitative estimate of drug-likeness (QED) is 0.612. The summed E-state index contributed by atoms with van der Waals surface area (Å²) in [7, 11) is 0. The molecule has 2 aromatic carbocycles. The summed E-state index contributed by atoms with van der Waals surface area (Å²) in [6.07, 6.45) is 8.76. The number of benzene rings is 2. The second-order valence-corrected chi connectivity index (χ2v) is 5.97. The van der Waals surface area contributed by atoms with Crippen LogP contribution in [0.25, 0.3) is 5.57 Å². The molecule has 0 radical (unpaired) electrons. The molecule has 3 aromatic rings. The summed E-state index contributed by atoms with van der Waals surface area (Å²) in [6, 6.07) is 15.2. The summed E-state index contributed by atoms with van der Waals surface area (Å²) >= 11 is 0. The second-order valence-electron chi connectivity index (χ2n) is 5.97. The lowest BCUT2D eigenvalue weighted by Crippen LogP contribution is -1.90. The van der Waals surface area contributed by atoms with Crippen LogP contribution >= 0.6 is 0 Å². The van der Waals surface area contributed by atoms with Gasteiger partial charge in [0.1, 0.15) is 5.82 Å². The molecule has 0 saturated carbocycles. The van der Waals surface area contributed by atoms with E-state index in [2.05, 4.69) is 47.2 Å². The largest absolute Gasteiger partial charge is 0.345 e. The van der Waals surface area contributed by atoms with Gasteiger partial charge in [-0.05, 0) is 49.4 Å². The molecule has 0 saturated heterocycles. The summed E-state index contributed by atoms with van der Waals surface area (Å²) in [6.45, 7) is 2.12. The van der Waals surface area contributed by atoms with E-state index in [0.717, 1.165) is 36.1 Å². The van der Waals surface area contributed by atoms with Gasteiger partial charge in [-0.15, -0.1) is 0 Å². The van der Waals surface area contributed by atoms with Crippen molar-refractivity contribution in [3.8, 4) is 0 Å². The van der Waals surface area contributed by atoms with Gasteiger partial charge in [-0.1, -0.05) is 48.0 Å². The van der Waals surface area contributed by atoms with E-state index < -0.39 is 0 Å². The number of aromatic nitrogens is 2. The lowest BCUT2D eigenvalue weighted by atomic mass is 10.00. The fourth-order valence-corrected chi connectivity index (χ4v) is 2.84. The average molecular weight is 320 g/mol. The predicted octanol–water partition coefficient (Wildman–Crippen LogP) is 5.31. The third-order valence-corrected chi connectivity index (χ3v) is 4.04. The fraction of sp³-hybridized carbons (Fsp3) is 0.190. The normalized spacial score (nSPS) is 11.7. The Hall–Kier alpha value is -2.68. The zero-order valence-electron chi connectivity index (χ0n) is 13.8. The summed E-state index contributed by atoms with van der Waals surface area (Å²) in [5, 5.41) is 0. The highest BCUT2D eigenvalue weighted by molar-refractivity contribution is 5.77. The summed E-state index contributed by atoms with van der Waals surface area (Å²) in [4.78, 5) is 7.24. The van der Waals surface area contributed by atoms with E-state index in [-0.39, 0.29) is 5.82 Å². The number of allylic oxidation sites excluding steroid dienone is 1. The highest BCUT2D eigenvalue weighted by atomic mass is 19.1. The van der Waals surface area contributed by atoms with Gasteiger partial charge in [-0.25, -0.2) is 9.37 Å². The molecule has 2 nitrogen and oxygen atoms in total. The Balaban J connectivity index is 1.71. The summed E-state index contributed by atoms with van der Waals surface area (Å²) in [5.41, 5.74) is 5.69. The molecule has 0 atom stereocenters. The van der Waals surface area contributed by atoms with E-state index >= 15 is 0 Å². The number of H-pyrrole nitrogens is 1. The van der Waals surface area contributed by atoms with Crippen molar-refractivity contribution >= 4 is 5.57 Å². The number of halogens is 1. The Bertz CT molecular complexity index is 802. The molecule has 0 aliphatic carbocycles. The SMILES string of the molecule is Cc1cccc(CCC/C=C(\c2ccc(F)cc2)c2cnc[nH]2)c1. The Morgan fingerprint density at radius 1 is 1.17 bits per heavy atom. The van der Waals surface area contributed by atoms with E-state index in [1.807, 2.05) is 12.1 Å². The van der Waals surface area contributed by atoms with Crippen molar-refractivity contribution in [2.45, 2.75) is 26.2 Å². The zero-order chi connectivity index (χ0) is 16.8. The van der Waals surface area contributed by atoms with E-state index in [4.69, 9.17) is 0 Å². The van der Waals surface area contributed by atoms with Crippen LogP contribution in [-0.2, 0) is 6.42 Å². The third kappa shape index (κ3) is 4.19. The maximum atomic E-state index is 13.2. The van der Waals surface area contributed by atoms with Crippen molar-refractivity contribution in [1.29, 1.82) is 0 Å². The van der Waals surface area contributed by atoms with Crippen molar-refractivity contribution in [1.82, 2.24) is 9.97 Å². The van der Waals surface area contributed by atoms with Gasteiger partial charge in [-0.3, -0.25) is 0 Å². The molecule has 0 unspecified atom stereocenters. The molecule has 1 aromatic heterocycles. The molecule has 1 N–H and O–H groups in total. The Kier molecular flexibility index (Phi) is 5.22. The van der Waals surface area contributed by atoms with Gasteiger partial charge in [0.2, 0.25) is 0 Å². The van der Waals surface area contributed by atoms with E-state index in [9.17, 15) is 4.39 Å². The van der Waals surface area contributed by atoms with Crippen LogP contribution in [0.3, 0.4) is 0 Å². The van der Waals surface area contributed by atoms with E-state index in [1.165, 1.54) is 23.3 Å². The maximum absolute atomic E-state index is 13.2. The van der Waals surface area contributed by atoms with Crippen LogP contribution in [0.5, 0.6) is 0 Å². The number of rotatable bonds is 6. The molecular weight excluding hydrogens is 299 g/mol. The van der Waals surface area contributed by atoms with Crippen molar-refractivity contribution in [2.75, 3.05) is 0 Å². The van der Waals surface area contributed by atoms with Crippen LogP contribution in [0.4, 0.5) is 4.39 Å². The number of aromatic amines is 1. The van der Waals surface area contributed by atoms with Gasteiger partial charge in [0.25, 0.3) is 0 Å². The Labute approximate surface area is 142 Å². The van der Waals surface area contributed by atoms with Gasteiger partial charge < -0.3 is 4.98 Å². The van der Waals surface area contributed by atoms with Crippen molar-refractivity contribution in [3.63, 3.8) is 0 Å². The lowest BCUT2D eigenvalue weighted by Gasteiger charge is -2.07. The molecule has 24 heavy (non-hydrogen) atoms. The van der Waals surface area contributed by atoms with Gasteiger partial charge in [-0.2, -0.15) is 0 Å². The average Bonchev–Trinajstić information content (AvgIpc) is 3.10. The third-order valence-electron chi connectivity index (χ3n) is 4.04. The summed E-state index contributed by atoms with van der Waals surface area (Å²) in [5.74, 6) is -0.220. The van der Waals surface area contributed by atoms with Crippen LogP contribution in [0.2, 0.25) is 0 Å². The minimum Gasteiger partial charge on any atom is -0.345 e. The summed E-state index contributed by atoms with van der Waals surface area (Å²) < 4.78 is 13.2. The van der Waals surface area contributed by atoms with Crippen molar-refractivity contribution < 1.29 is 4.39 Å². The monoisotopic (exact) mass is 320 g/mol. The first-order valence-electron chi connectivity index (χ1n) is 8.23. The molecule has 0 spiro atoms. The van der Waals surface area contributed by atoms with Crippen molar-refractivity contribution in [3.05, 3.63) is 95.3 Å². The standard InChI is InChI=1S/C21H21FN2/c1-16-5-4-7-17(13-16)6-2-3-8-20(21-14-23-15-24-21)18-9-11-19(22)12-10-18/h4-5,7-15H,2-3,6H2,1H3,(H,23,24)/b20-8+. The molecule has 0 amide bonds. The number of nitrogens with zero attached hydrogens (tertiary/aromatic N) is 1. The smallest absolute Gasteiger partial charge is 0.123 e. The fourth-order valence-electron chi connectivity index (χ4n) is 2.84. The molecule has 122 valence electrons. The molecule has 3 rings (SSSR count). The number of hydrogen-bond donors (Lipinski definition) is 1. The van der Waals surface area contributed by atoms with E-state index in [0.29, 0.717) is 0 Å². The van der Waals surface area contributed by atoms with Crippen LogP contribution in [0.1, 0.15) is 35.2 Å². The topological polar surface area (TPSA) is 28.7 Å². The highest BCUT2D eigenvalue weighted by Gasteiger charge is 2.06. The van der Waals surface area contributed by atoms with Gasteiger partial charge >= 0.3 is 0 Å². The first-order valence-corrected chi connectivity index (χ1v) is 8.23. The molecule has 0 aliphatic rings. The minimum atomic E-state index is -0.220. The van der Waals surface area contributed by atoms with E-state index in [1.54, 1.807) is 12.5 Å². The van der Waals surface area contributed by atoms with Crippen LogP contribution in [-0.4, -0.2) is 9.97 Å². The molecule has 3 heteroatoms. The molecule has 0 bridgehead atoms. The zero-order valence-corrected chi connectivity index (χ0v) is 13.8. The number of aryl methyl sites for hydroxylation is 2. The van der Waals surface area contributed by atoms with Gasteiger partial charge in [0.15, 0.2) is 0 Å². The first-order chi connectivity index (χ1) is 11.7. The molecule has 0 fully saturated rings. The van der Waals surface area contributed by atoms with Gasteiger partial charge in [0.05, 0.1) is 18.2 Å². The second kappa shape index (κ2) is 7.73. The predicted molar refractivity (Wildman–Crippen MR) is 96.2 cm³/mol. The maximum Gasteiger partial charge on any atom is 0.123 e. The number of nitrogens with one attached hydrogen (secondary N) is 1. The first kappa shape index (κ1) is 16.2. The number of hydrogen-bond acceptors (Lipinski definition) is 1. The Morgan fingerprint density at radius 2 is 2.00 bits per heavy atom. The Morgan fingerprint density at radius 3 is 2.71 bits per heavy atom. The van der Waals surface area contributed by atoms with Crippen molar-refractivity contribution in [2.24, 2.45) is 0 Å². The van der Waals surface area contributed by atoms with Crippen LogP contribution in [0.15, 0.2) is 67.1 Å². The molecule has 1 heterocycles. The highest BCUT2D eigenvalue weighted by Crippen LogP contribution is 2.23. The molecule has 0 aliphatic heterocycles. The van der Waals surface area contributed by atoms with Crippen LogP contribution < -0.4 is 0 Å². The van der Waals surface area contributed by atoms with Gasteiger partial charge in [0, 0.05) is 5.57 Å². The number of unbranched alkanes of at least 4 members (excludes halogenated alkanes) is 1. The lowest BCUT2D eigenvalue weighted by molar-refractivity contribution is 0.627. The minimum absolute atomic E-state index is 0.220. The number of imidazole rings is 1.